The van der Waals surface area contributed by atoms with Crippen LogP contribution < -0.4 is 10.1 Å². The lowest BCUT2D eigenvalue weighted by atomic mass is 10.1. The first kappa shape index (κ1) is 16.2. The molecular formula is C14H22N2O4. The third-order valence-electron chi connectivity index (χ3n) is 2.61. The van der Waals surface area contributed by atoms with E-state index in [9.17, 15) is 10.1 Å². The number of nitrogens with one attached hydrogen (secondary N) is 1. The first-order valence-electron chi connectivity index (χ1n) is 6.58. The van der Waals surface area contributed by atoms with E-state index < -0.39 is 4.92 Å². The Bertz CT molecular complexity index is 460. The highest BCUT2D eigenvalue weighted by Gasteiger charge is 2.20. The van der Waals surface area contributed by atoms with Crippen LogP contribution in [0, 0.1) is 10.1 Å². The molecule has 0 amide bonds. The third kappa shape index (κ3) is 4.70. The van der Waals surface area contributed by atoms with Gasteiger partial charge in [0, 0.05) is 24.9 Å². The SMILES string of the molecule is CCCOc1cc(NC(C)(C)COC)ccc1[N+](=O)[O-]. The van der Waals surface area contributed by atoms with Crippen molar-refractivity contribution in [2.24, 2.45) is 0 Å². The number of nitro benzene ring substituents is 1. The van der Waals surface area contributed by atoms with Gasteiger partial charge < -0.3 is 14.8 Å². The molecule has 0 atom stereocenters. The summed E-state index contributed by atoms with van der Waals surface area (Å²) < 4.78 is 10.6. The van der Waals surface area contributed by atoms with Gasteiger partial charge in [0.05, 0.1) is 23.7 Å². The molecule has 6 nitrogen and oxygen atoms in total. The van der Waals surface area contributed by atoms with E-state index in [4.69, 9.17) is 9.47 Å². The molecule has 0 fully saturated rings. The zero-order valence-electron chi connectivity index (χ0n) is 12.4. The number of benzene rings is 1. The second kappa shape index (κ2) is 7.09. The van der Waals surface area contributed by atoms with Gasteiger partial charge >= 0.3 is 5.69 Å². The molecule has 112 valence electrons. The van der Waals surface area contributed by atoms with Gasteiger partial charge in [-0.25, -0.2) is 0 Å². The van der Waals surface area contributed by atoms with Crippen LogP contribution in [0.3, 0.4) is 0 Å². The minimum atomic E-state index is -0.435. The number of hydrogen-bond donors (Lipinski definition) is 1. The molecule has 1 rings (SSSR count). The highest BCUT2D eigenvalue weighted by Crippen LogP contribution is 2.31. The molecule has 0 aromatic heterocycles. The average Bonchev–Trinajstić information content (AvgIpc) is 2.35. The van der Waals surface area contributed by atoms with Gasteiger partial charge in [-0.05, 0) is 26.3 Å². The summed E-state index contributed by atoms with van der Waals surface area (Å²) in [6.07, 6.45) is 0.796. The second-order valence-corrected chi connectivity index (χ2v) is 5.23. The van der Waals surface area contributed by atoms with Crippen LogP contribution in [0.1, 0.15) is 27.2 Å². The largest absolute Gasteiger partial charge is 0.487 e. The molecular weight excluding hydrogens is 260 g/mol. The fourth-order valence-electron chi connectivity index (χ4n) is 1.86. The quantitative estimate of drug-likeness (QED) is 0.585. The van der Waals surface area contributed by atoms with Crippen molar-refractivity contribution in [2.45, 2.75) is 32.7 Å². The van der Waals surface area contributed by atoms with Crippen LogP contribution in [0.2, 0.25) is 0 Å². The van der Waals surface area contributed by atoms with Crippen molar-refractivity contribution in [3.05, 3.63) is 28.3 Å². The first-order valence-corrected chi connectivity index (χ1v) is 6.58. The van der Waals surface area contributed by atoms with Crippen molar-refractivity contribution in [3.63, 3.8) is 0 Å². The first-order chi connectivity index (χ1) is 9.39. The summed E-state index contributed by atoms with van der Waals surface area (Å²) in [7, 11) is 1.63. The number of nitro groups is 1. The maximum atomic E-state index is 11.0. The molecule has 0 unspecified atom stereocenters. The highest BCUT2D eigenvalue weighted by atomic mass is 16.6. The van der Waals surface area contributed by atoms with E-state index in [-0.39, 0.29) is 17.0 Å². The van der Waals surface area contributed by atoms with Crippen molar-refractivity contribution >= 4 is 11.4 Å². The van der Waals surface area contributed by atoms with Gasteiger partial charge in [0.2, 0.25) is 0 Å². The van der Waals surface area contributed by atoms with Crippen molar-refractivity contribution in [1.29, 1.82) is 0 Å². The Morgan fingerprint density at radius 2 is 2.10 bits per heavy atom. The van der Waals surface area contributed by atoms with E-state index in [1.807, 2.05) is 20.8 Å². The zero-order chi connectivity index (χ0) is 15.2. The van der Waals surface area contributed by atoms with Gasteiger partial charge in [0.1, 0.15) is 0 Å². The lowest BCUT2D eigenvalue weighted by Gasteiger charge is -2.26. The molecule has 0 saturated heterocycles. The Hall–Kier alpha value is -1.82. The smallest absolute Gasteiger partial charge is 0.311 e. The van der Waals surface area contributed by atoms with Gasteiger partial charge in [-0.15, -0.1) is 0 Å². The number of nitrogens with zero attached hydrogens (tertiary/aromatic N) is 1. The van der Waals surface area contributed by atoms with Crippen LogP contribution in [0.4, 0.5) is 11.4 Å². The molecule has 1 N–H and O–H groups in total. The summed E-state index contributed by atoms with van der Waals surface area (Å²) in [6, 6.07) is 4.79. The summed E-state index contributed by atoms with van der Waals surface area (Å²) in [5, 5.41) is 14.2. The van der Waals surface area contributed by atoms with Crippen molar-refractivity contribution < 1.29 is 14.4 Å². The minimum absolute atomic E-state index is 0.0199. The fraction of sp³-hybridized carbons (Fsp3) is 0.571. The maximum Gasteiger partial charge on any atom is 0.311 e. The molecule has 1 aromatic rings. The van der Waals surface area contributed by atoms with E-state index in [2.05, 4.69) is 5.32 Å². The number of methoxy groups -OCH3 is 1. The van der Waals surface area contributed by atoms with E-state index in [1.54, 1.807) is 19.2 Å². The predicted molar refractivity (Wildman–Crippen MR) is 78.5 cm³/mol. The van der Waals surface area contributed by atoms with Crippen LogP contribution in [0.5, 0.6) is 5.75 Å². The van der Waals surface area contributed by atoms with E-state index >= 15 is 0 Å². The molecule has 0 spiro atoms. The van der Waals surface area contributed by atoms with Crippen molar-refractivity contribution in [3.8, 4) is 5.75 Å². The number of hydrogen-bond acceptors (Lipinski definition) is 5. The van der Waals surface area contributed by atoms with Gasteiger partial charge in [0.15, 0.2) is 5.75 Å². The lowest BCUT2D eigenvalue weighted by molar-refractivity contribution is -0.385. The van der Waals surface area contributed by atoms with Gasteiger partial charge in [-0.3, -0.25) is 10.1 Å². The molecule has 6 heteroatoms. The monoisotopic (exact) mass is 282 g/mol. The van der Waals surface area contributed by atoms with E-state index in [0.29, 0.717) is 13.2 Å². The molecule has 0 aliphatic heterocycles. The fourth-order valence-corrected chi connectivity index (χ4v) is 1.86. The molecule has 0 radical (unpaired) electrons. The Kier molecular flexibility index (Phi) is 5.76. The molecule has 0 aliphatic rings. The highest BCUT2D eigenvalue weighted by molar-refractivity contribution is 5.58. The topological polar surface area (TPSA) is 73.6 Å². The zero-order valence-corrected chi connectivity index (χ0v) is 12.4. The standard InChI is InChI=1S/C14H22N2O4/c1-5-8-20-13-9-11(6-7-12(13)16(17)18)15-14(2,3)10-19-4/h6-7,9,15H,5,8,10H2,1-4H3. The van der Waals surface area contributed by atoms with Gasteiger partial charge in [-0.2, -0.15) is 0 Å². The minimum Gasteiger partial charge on any atom is -0.487 e. The second-order valence-electron chi connectivity index (χ2n) is 5.23. The van der Waals surface area contributed by atoms with Crippen LogP contribution in [-0.2, 0) is 4.74 Å². The van der Waals surface area contributed by atoms with E-state index in [0.717, 1.165) is 12.1 Å². The Balaban J connectivity index is 2.96. The van der Waals surface area contributed by atoms with Crippen molar-refractivity contribution in [1.82, 2.24) is 0 Å². The normalized spacial score (nSPS) is 11.2. The molecule has 0 bridgehead atoms. The number of ether oxygens (including phenoxy) is 2. The van der Waals surface area contributed by atoms with E-state index in [1.165, 1.54) is 6.07 Å². The number of anilines is 1. The molecule has 20 heavy (non-hydrogen) atoms. The molecule has 0 heterocycles. The average molecular weight is 282 g/mol. The Morgan fingerprint density at radius 3 is 2.65 bits per heavy atom. The van der Waals surface area contributed by atoms with Crippen molar-refractivity contribution in [2.75, 3.05) is 25.6 Å². The predicted octanol–water partition coefficient (Wildman–Crippen LogP) is 3.22. The number of rotatable bonds is 8. The third-order valence-corrected chi connectivity index (χ3v) is 2.61. The summed E-state index contributed by atoms with van der Waals surface area (Å²) in [4.78, 5) is 10.5. The maximum absolute atomic E-state index is 11.0. The van der Waals surface area contributed by atoms with Crippen LogP contribution in [-0.4, -0.2) is 30.8 Å². The molecule has 0 aliphatic carbocycles. The Labute approximate surface area is 119 Å². The van der Waals surface area contributed by atoms with Gasteiger partial charge in [0.25, 0.3) is 0 Å². The van der Waals surface area contributed by atoms with Crippen LogP contribution >= 0.6 is 0 Å². The summed E-state index contributed by atoms with van der Waals surface area (Å²) in [5.74, 6) is 0.287. The van der Waals surface area contributed by atoms with Crippen LogP contribution in [0.15, 0.2) is 18.2 Å². The summed E-state index contributed by atoms with van der Waals surface area (Å²) in [6.45, 7) is 6.91. The van der Waals surface area contributed by atoms with Gasteiger partial charge in [-0.1, -0.05) is 6.92 Å². The molecule has 1 aromatic carbocycles. The summed E-state index contributed by atoms with van der Waals surface area (Å²) >= 11 is 0. The van der Waals surface area contributed by atoms with Crippen LogP contribution in [0.25, 0.3) is 0 Å². The summed E-state index contributed by atoms with van der Waals surface area (Å²) in [5.41, 5.74) is 0.477. The molecule has 0 saturated carbocycles. The Morgan fingerprint density at radius 1 is 1.40 bits per heavy atom. The lowest BCUT2D eigenvalue weighted by Crippen LogP contribution is -2.35.